The first-order valence-electron chi connectivity index (χ1n) is 5.11. The lowest BCUT2D eigenvalue weighted by Gasteiger charge is -1.97. The molecule has 0 aliphatic rings. The van der Waals surface area contributed by atoms with Crippen molar-refractivity contribution < 1.29 is 14.3 Å². The molecular formula is C12H14N2O2. The monoisotopic (exact) mass is 218 g/mol. The molecule has 0 unspecified atom stereocenters. The van der Waals surface area contributed by atoms with Crippen LogP contribution in [0.5, 0.6) is 0 Å². The molecule has 0 radical (unpaired) electrons. The molecule has 84 valence electrons. The van der Waals surface area contributed by atoms with Gasteiger partial charge in [0.25, 0.3) is 5.71 Å². The number of ether oxygens (including phenoxy) is 1. The van der Waals surface area contributed by atoms with Gasteiger partial charge >= 0.3 is 5.97 Å². The molecule has 0 spiro atoms. The van der Waals surface area contributed by atoms with Crippen molar-refractivity contribution in [3.8, 4) is 0 Å². The highest BCUT2D eigenvalue weighted by molar-refractivity contribution is 5.96. The average Bonchev–Trinajstić information content (AvgIpc) is 2.35. The van der Waals surface area contributed by atoms with E-state index in [0.29, 0.717) is 25.0 Å². The van der Waals surface area contributed by atoms with Crippen LogP contribution >= 0.6 is 0 Å². The van der Waals surface area contributed by atoms with Gasteiger partial charge in [-0.25, -0.2) is 0 Å². The van der Waals surface area contributed by atoms with Gasteiger partial charge in [0.05, 0.1) is 19.1 Å². The molecule has 1 aromatic carbocycles. The van der Waals surface area contributed by atoms with Crippen LogP contribution in [0.3, 0.4) is 0 Å². The number of benzene rings is 1. The molecule has 0 fully saturated rings. The van der Waals surface area contributed by atoms with Gasteiger partial charge in [-0.1, -0.05) is 18.2 Å². The van der Waals surface area contributed by atoms with Crippen molar-refractivity contribution in [2.24, 2.45) is 0 Å². The van der Waals surface area contributed by atoms with Crippen LogP contribution in [0.2, 0.25) is 0 Å². The minimum atomic E-state index is -0.245. The first-order valence-corrected chi connectivity index (χ1v) is 5.11. The van der Waals surface area contributed by atoms with Crippen LogP contribution in [0.4, 0.5) is 0 Å². The number of nitrogens with zero attached hydrogens (tertiary/aromatic N) is 2. The van der Waals surface area contributed by atoms with Crippen LogP contribution in [0, 0.1) is 0 Å². The molecule has 0 atom stereocenters. The molecule has 0 amide bonds. The fourth-order valence-corrected chi connectivity index (χ4v) is 1.38. The van der Waals surface area contributed by atoms with E-state index in [2.05, 4.69) is 9.53 Å². The van der Waals surface area contributed by atoms with Gasteiger partial charge in [-0.15, -0.1) is 0 Å². The second kappa shape index (κ2) is 6.53. The molecule has 0 N–H and O–H groups in total. The second-order valence-corrected chi connectivity index (χ2v) is 3.34. The largest absolute Gasteiger partial charge is 0.469 e. The summed E-state index contributed by atoms with van der Waals surface area (Å²) in [5.74, 6) is -0.245. The number of hydrogen-bond donors (Lipinski definition) is 0. The molecule has 0 saturated carbocycles. The quantitative estimate of drug-likeness (QED) is 0.328. The lowest BCUT2D eigenvalue weighted by molar-refractivity contribution is -0.140. The zero-order valence-electron chi connectivity index (χ0n) is 9.22. The Hall–Kier alpha value is -1.93. The van der Waals surface area contributed by atoms with Gasteiger partial charge in [0.1, 0.15) is 0 Å². The molecule has 0 aliphatic carbocycles. The van der Waals surface area contributed by atoms with Crippen molar-refractivity contribution in [3.05, 3.63) is 41.4 Å². The van der Waals surface area contributed by atoms with Crippen molar-refractivity contribution in [3.63, 3.8) is 0 Å². The number of carbonyl (C=O) groups excluding carboxylic acids is 1. The Labute approximate surface area is 94.5 Å². The predicted molar refractivity (Wildman–Crippen MR) is 60.0 cm³/mol. The van der Waals surface area contributed by atoms with Crippen molar-refractivity contribution in [1.29, 1.82) is 0 Å². The summed E-state index contributed by atoms with van der Waals surface area (Å²) in [6, 6.07) is 9.38. The lowest BCUT2D eigenvalue weighted by Crippen LogP contribution is -2.05. The molecule has 16 heavy (non-hydrogen) atoms. The van der Waals surface area contributed by atoms with E-state index < -0.39 is 0 Å². The van der Waals surface area contributed by atoms with Crippen molar-refractivity contribution >= 4 is 11.7 Å². The maximum absolute atomic E-state index is 10.9. The van der Waals surface area contributed by atoms with Gasteiger partial charge in [-0.3, -0.25) is 4.79 Å². The Morgan fingerprint density at radius 3 is 2.56 bits per heavy atom. The van der Waals surface area contributed by atoms with Crippen LogP contribution in [0.1, 0.15) is 24.8 Å². The van der Waals surface area contributed by atoms with Crippen LogP contribution in [0.15, 0.2) is 30.3 Å². The predicted octanol–water partition coefficient (Wildman–Crippen LogP) is 2.05. The zero-order chi connectivity index (χ0) is 11.8. The van der Waals surface area contributed by atoms with Crippen LogP contribution < -0.4 is 0 Å². The third-order valence-electron chi connectivity index (χ3n) is 2.25. The van der Waals surface area contributed by atoms with Gasteiger partial charge in [0.15, 0.2) is 0 Å². The van der Waals surface area contributed by atoms with Gasteiger partial charge in [0, 0.05) is 6.42 Å². The SMILES string of the molecule is COC(=O)CCCC(=[N+]=[N-])c1ccccc1. The molecule has 0 aliphatic heterocycles. The summed E-state index contributed by atoms with van der Waals surface area (Å²) in [7, 11) is 1.36. The van der Waals surface area contributed by atoms with E-state index in [1.165, 1.54) is 7.11 Å². The Kier molecular flexibility index (Phi) is 4.96. The Morgan fingerprint density at radius 1 is 1.31 bits per heavy atom. The van der Waals surface area contributed by atoms with Crippen molar-refractivity contribution in [2.45, 2.75) is 19.3 Å². The summed E-state index contributed by atoms with van der Waals surface area (Å²) in [5.41, 5.74) is 10.3. The Balaban J connectivity index is 2.52. The highest BCUT2D eigenvalue weighted by Gasteiger charge is 2.12. The van der Waals surface area contributed by atoms with E-state index in [-0.39, 0.29) is 5.97 Å². The third kappa shape index (κ3) is 3.67. The molecule has 1 aromatic rings. The van der Waals surface area contributed by atoms with Crippen LogP contribution in [0.25, 0.3) is 5.53 Å². The summed E-state index contributed by atoms with van der Waals surface area (Å²) in [4.78, 5) is 14.1. The molecular weight excluding hydrogens is 204 g/mol. The van der Waals surface area contributed by atoms with Crippen molar-refractivity contribution in [1.82, 2.24) is 0 Å². The van der Waals surface area contributed by atoms with Gasteiger partial charge in [0.2, 0.25) is 0 Å². The zero-order valence-corrected chi connectivity index (χ0v) is 9.22. The third-order valence-corrected chi connectivity index (χ3v) is 2.25. The first kappa shape index (κ1) is 12.1. The minimum absolute atomic E-state index is 0.245. The molecule has 0 heterocycles. The molecule has 4 heteroatoms. The highest BCUT2D eigenvalue weighted by Crippen LogP contribution is 2.06. The molecule has 0 bridgehead atoms. The maximum Gasteiger partial charge on any atom is 0.305 e. The fraction of sp³-hybridized carbons (Fsp3) is 0.333. The first-order chi connectivity index (χ1) is 7.77. The Morgan fingerprint density at radius 2 is 2.00 bits per heavy atom. The van der Waals surface area contributed by atoms with E-state index in [0.717, 1.165) is 5.56 Å². The second-order valence-electron chi connectivity index (χ2n) is 3.34. The van der Waals surface area contributed by atoms with E-state index in [1.54, 1.807) is 0 Å². The van der Waals surface area contributed by atoms with Gasteiger partial charge in [-0.05, 0) is 18.6 Å². The van der Waals surface area contributed by atoms with E-state index >= 15 is 0 Å². The number of rotatable bonds is 5. The number of esters is 1. The lowest BCUT2D eigenvalue weighted by atomic mass is 10.0. The standard InChI is InChI=1S/C12H14N2O2/c1-16-12(15)9-5-8-11(14-13)10-6-3-2-4-7-10/h2-4,6-7H,5,8-9H2,1H3. The fourth-order valence-electron chi connectivity index (χ4n) is 1.38. The summed E-state index contributed by atoms with van der Waals surface area (Å²) in [5, 5.41) is 0. The number of carbonyl (C=O) groups is 1. The molecule has 0 saturated heterocycles. The van der Waals surface area contributed by atoms with Crippen LogP contribution in [-0.2, 0) is 9.53 Å². The molecule has 4 nitrogen and oxygen atoms in total. The summed E-state index contributed by atoms with van der Waals surface area (Å²) < 4.78 is 4.53. The summed E-state index contributed by atoms with van der Waals surface area (Å²) in [6.07, 6.45) is 1.50. The molecule has 1 rings (SSSR count). The molecule has 0 aromatic heterocycles. The van der Waals surface area contributed by atoms with Crippen LogP contribution in [-0.4, -0.2) is 23.6 Å². The van der Waals surface area contributed by atoms with E-state index in [1.807, 2.05) is 30.3 Å². The Bertz CT molecular complexity index is 395. The van der Waals surface area contributed by atoms with Crippen molar-refractivity contribution in [2.75, 3.05) is 7.11 Å². The number of methoxy groups -OCH3 is 1. The van der Waals surface area contributed by atoms with Gasteiger partial charge in [-0.2, -0.15) is 4.79 Å². The van der Waals surface area contributed by atoms with E-state index in [4.69, 9.17) is 5.53 Å². The summed E-state index contributed by atoms with van der Waals surface area (Å²) in [6.45, 7) is 0. The van der Waals surface area contributed by atoms with Gasteiger partial charge < -0.3 is 10.3 Å². The minimum Gasteiger partial charge on any atom is -0.469 e. The van der Waals surface area contributed by atoms with E-state index in [9.17, 15) is 4.79 Å². The topological polar surface area (TPSA) is 62.7 Å². The maximum atomic E-state index is 10.9. The normalized spacial score (nSPS) is 9.31. The highest BCUT2D eigenvalue weighted by atomic mass is 16.5. The number of hydrogen-bond acceptors (Lipinski definition) is 2. The summed E-state index contributed by atoms with van der Waals surface area (Å²) >= 11 is 0. The smallest absolute Gasteiger partial charge is 0.305 e. The average molecular weight is 218 g/mol.